The lowest BCUT2D eigenvalue weighted by molar-refractivity contribution is -0.132. The Morgan fingerprint density at radius 3 is 2.70 bits per heavy atom. The first-order valence-corrected chi connectivity index (χ1v) is 6.88. The predicted molar refractivity (Wildman–Crippen MR) is 77.2 cm³/mol. The Balaban J connectivity index is 2.04. The zero-order chi connectivity index (χ0) is 14.6. The molecule has 1 aliphatic rings. The molecule has 1 aliphatic heterocycles. The lowest BCUT2D eigenvalue weighted by atomic mass is 9.76. The highest BCUT2D eigenvalue weighted by molar-refractivity contribution is 5.83. The monoisotopic (exact) mass is 275 g/mol. The number of hydrogen-bond donors (Lipinski definition) is 2. The Kier molecular flexibility index (Phi) is 4.27. The fourth-order valence-corrected chi connectivity index (χ4v) is 2.80. The van der Waals surface area contributed by atoms with Crippen LogP contribution in [0.15, 0.2) is 30.3 Å². The molecule has 1 aromatic carbocycles. The van der Waals surface area contributed by atoms with Crippen LogP contribution in [0.2, 0.25) is 0 Å². The van der Waals surface area contributed by atoms with Crippen molar-refractivity contribution >= 4 is 11.9 Å². The number of nitrogens with zero attached hydrogens (tertiary/aromatic N) is 1. The van der Waals surface area contributed by atoms with Crippen molar-refractivity contribution < 1.29 is 9.59 Å². The molecule has 1 atom stereocenters. The SMILES string of the molecule is CC1(c2ccccc2)CCCN(C(=O)CNC(N)=O)C1. The summed E-state index contributed by atoms with van der Waals surface area (Å²) in [6, 6.07) is 9.59. The Morgan fingerprint density at radius 1 is 1.35 bits per heavy atom. The Morgan fingerprint density at radius 2 is 2.05 bits per heavy atom. The average Bonchev–Trinajstić information content (AvgIpc) is 2.45. The number of primary amides is 1. The van der Waals surface area contributed by atoms with E-state index in [-0.39, 0.29) is 17.9 Å². The first kappa shape index (κ1) is 14.4. The van der Waals surface area contributed by atoms with Crippen molar-refractivity contribution in [1.29, 1.82) is 0 Å². The summed E-state index contributed by atoms with van der Waals surface area (Å²) in [6.07, 6.45) is 2.03. The molecule has 5 heteroatoms. The molecule has 0 aliphatic carbocycles. The third-order valence-electron chi connectivity index (χ3n) is 3.93. The van der Waals surface area contributed by atoms with Crippen molar-refractivity contribution in [2.75, 3.05) is 19.6 Å². The molecule has 2 rings (SSSR count). The first-order chi connectivity index (χ1) is 9.51. The standard InChI is InChI=1S/C15H21N3O2/c1-15(12-6-3-2-4-7-12)8-5-9-18(11-15)13(19)10-17-14(16)20/h2-4,6-7H,5,8-11H2,1H3,(H3,16,17,20). The molecule has 0 radical (unpaired) electrons. The quantitative estimate of drug-likeness (QED) is 0.870. The Hall–Kier alpha value is -2.04. The van der Waals surface area contributed by atoms with E-state index in [9.17, 15) is 9.59 Å². The molecule has 5 nitrogen and oxygen atoms in total. The minimum Gasteiger partial charge on any atom is -0.352 e. The molecule has 0 saturated carbocycles. The number of carbonyl (C=O) groups is 2. The highest BCUT2D eigenvalue weighted by Gasteiger charge is 2.34. The van der Waals surface area contributed by atoms with Crippen molar-refractivity contribution in [2.45, 2.75) is 25.2 Å². The predicted octanol–water partition coefficient (Wildman–Crippen LogP) is 1.24. The second-order valence-corrected chi connectivity index (χ2v) is 5.56. The van der Waals surface area contributed by atoms with E-state index in [0.717, 1.165) is 19.4 Å². The average molecular weight is 275 g/mol. The summed E-state index contributed by atoms with van der Waals surface area (Å²) in [7, 11) is 0. The molecule has 0 aromatic heterocycles. The van der Waals surface area contributed by atoms with Gasteiger partial charge < -0.3 is 16.0 Å². The molecule has 1 fully saturated rings. The van der Waals surface area contributed by atoms with Gasteiger partial charge in [0, 0.05) is 18.5 Å². The van der Waals surface area contributed by atoms with Gasteiger partial charge in [0.05, 0.1) is 6.54 Å². The molecule has 1 aromatic rings. The van der Waals surface area contributed by atoms with E-state index in [4.69, 9.17) is 5.73 Å². The van der Waals surface area contributed by atoms with Crippen LogP contribution in [0.5, 0.6) is 0 Å². The van der Waals surface area contributed by atoms with Gasteiger partial charge in [0.2, 0.25) is 5.91 Å². The van der Waals surface area contributed by atoms with E-state index in [1.54, 1.807) is 0 Å². The normalized spacial score (nSPS) is 22.4. The molecule has 20 heavy (non-hydrogen) atoms. The number of benzene rings is 1. The van der Waals surface area contributed by atoms with E-state index in [1.807, 2.05) is 23.1 Å². The minimum atomic E-state index is -0.666. The summed E-state index contributed by atoms with van der Waals surface area (Å²) in [5, 5.41) is 2.36. The lowest BCUT2D eigenvalue weighted by Crippen LogP contribution is -2.50. The number of likely N-dealkylation sites (tertiary alicyclic amines) is 1. The largest absolute Gasteiger partial charge is 0.352 e. The molecular formula is C15H21N3O2. The molecule has 1 saturated heterocycles. The summed E-state index contributed by atoms with van der Waals surface area (Å²) in [6.45, 7) is 3.57. The molecule has 0 bridgehead atoms. The van der Waals surface area contributed by atoms with Crippen LogP contribution in [0.25, 0.3) is 0 Å². The van der Waals surface area contributed by atoms with Gasteiger partial charge in [0.15, 0.2) is 0 Å². The maximum absolute atomic E-state index is 12.1. The van der Waals surface area contributed by atoms with Crippen LogP contribution < -0.4 is 11.1 Å². The van der Waals surface area contributed by atoms with E-state index < -0.39 is 6.03 Å². The third kappa shape index (κ3) is 3.29. The molecule has 3 N–H and O–H groups in total. The van der Waals surface area contributed by atoms with Crippen LogP contribution in [0.4, 0.5) is 4.79 Å². The van der Waals surface area contributed by atoms with Crippen LogP contribution in [-0.4, -0.2) is 36.5 Å². The zero-order valence-electron chi connectivity index (χ0n) is 11.8. The minimum absolute atomic E-state index is 0.0259. The topological polar surface area (TPSA) is 75.4 Å². The van der Waals surface area contributed by atoms with Crippen LogP contribution in [0.1, 0.15) is 25.3 Å². The number of hydrogen-bond acceptors (Lipinski definition) is 2. The van der Waals surface area contributed by atoms with Crippen LogP contribution in [0, 0.1) is 0 Å². The molecule has 0 spiro atoms. The molecule has 108 valence electrons. The van der Waals surface area contributed by atoms with Gasteiger partial charge in [-0.05, 0) is 18.4 Å². The summed E-state index contributed by atoms with van der Waals surface area (Å²) in [4.78, 5) is 24.6. The zero-order valence-corrected chi connectivity index (χ0v) is 11.8. The summed E-state index contributed by atoms with van der Waals surface area (Å²) in [5.41, 5.74) is 6.22. The summed E-state index contributed by atoms with van der Waals surface area (Å²) < 4.78 is 0. The van der Waals surface area contributed by atoms with Crippen molar-refractivity contribution in [3.8, 4) is 0 Å². The van der Waals surface area contributed by atoms with E-state index in [0.29, 0.717) is 6.54 Å². The van der Waals surface area contributed by atoms with Crippen molar-refractivity contribution in [2.24, 2.45) is 5.73 Å². The van der Waals surface area contributed by atoms with Gasteiger partial charge >= 0.3 is 6.03 Å². The molecule has 1 unspecified atom stereocenters. The number of amides is 3. The second-order valence-electron chi connectivity index (χ2n) is 5.56. The molecule has 1 heterocycles. The number of nitrogens with one attached hydrogen (secondary N) is 1. The molecular weight excluding hydrogens is 254 g/mol. The van der Waals surface area contributed by atoms with Gasteiger partial charge in [0.1, 0.15) is 0 Å². The van der Waals surface area contributed by atoms with Gasteiger partial charge in [-0.2, -0.15) is 0 Å². The smallest absolute Gasteiger partial charge is 0.312 e. The first-order valence-electron chi connectivity index (χ1n) is 6.88. The Labute approximate surface area is 119 Å². The van der Waals surface area contributed by atoms with Gasteiger partial charge in [-0.1, -0.05) is 37.3 Å². The lowest BCUT2D eigenvalue weighted by Gasteiger charge is -2.41. The number of nitrogens with two attached hydrogens (primary N) is 1. The number of piperidine rings is 1. The van der Waals surface area contributed by atoms with Gasteiger partial charge in [-0.25, -0.2) is 4.79 Å². The van der Waals surface area contributed by atoms with Crippen LogP contribution in [0.3, 0.4) is 0 Å². The van der Waals surface area contributed by atoms with E-state index >= 15 is 0 Å². The van der Waals surface area contributed by atoms with Gasteiger partial charge in [0.25, 0.3) is 0 Å². The summed E-state index contributed by atoms with van der Waals surface area (Å²) >= 11 is 0. The fourth-order valence-electron chi connectivity index (χ4n) is 2.80. The molecule has 3 amide bonds. The second kappa shape index (κ2) is 5.94. The third-order valence-corrected chi connectivity index (χ3v) is 3.93. The van der Waals surface area contributed by atoms with Gasteiger partial charge in [-0.15, -0.1) is 0 Å². The maximum atomic E-state index is 12.1. The van der Waals surface area contributed by atoms with E-state index in [2.05, 4.69) is 24.4 Å². The Bertz CT molecular complexity index is 489. The maximum Gasteiger partial charge on any atom is 0.312 e. The van der Waals surface area contributed by atoms with Crippen molar-refractivity contribution in [3.05, 3.63) is 35.9 Å². The number of carbonyl (C=O) groups excluding carboxylic acids is 2. The summed E-state index contributed by atoms with van der Waals surface area (Å²) in [5.74, 6) is -0.0781. The van der Waals surface area contributed by atoms with Crippen LogP contribution in [-0.2, 0) is 10.2 Å². The number of rotatable bonds is 3. The highest BCUT2D eigenvalue weighted by atomic mass is 16.2. The fraction of sp³-hybridized carbons (Fsp3) is 0.467. The van der Waals surface area contributed by atoms with E-state index in [1.165, 1.54) is 5.56 Å². The van der Waals surface area contributed by atoms with Crippen LogP contribution >= 0.6 is 0 Å². The van der Waals surface area contributed by atoms with Gasteiger partial charge in [-0.3, -0.25) is 4.79 Å². The number of urea groups is 1. The van der Waals surface area contributed by atoms with Crippen molar-refractivity contribution in [1.82, 2.24) is 10.2 Å². The highest BCUT2D eigenvalue weighted by Crippen LogP contribution is 2.33. The van der Waals surface area contributed by atoms with Crippen molar-refractivity contribution in [3.63, 3.8) is 0 Å².